The average Bonchev–Trinajstić information content (AvgIpc) is 1.81. The molecule has 0 radical (unpaired) electrons. The van der Waals surface area contributed by atoms with Crippen LogP contribution in [0.2, 0.25) is 0 Å². The Balaban J connectivity index is 3.86. The lowest BCUT2D eigenvalue weighted by Gasteiger charge is -2.23. The van der Waals surface area contributed by atoms with Gasteiger partial charge >= 0.3 is 0 Å². The lowest BCUT2D eigenvalue weighted by Crippen LogP contribution is -2.14. The fourth-order valence-corrected chi connectivity index (χ4v) is 2.04. The molecule has 0 saturated carbocycles. The van der Waals surface area contributed by atoms with Crippen molar-refractivity contribution in [3.8, 4) is 11.8 Å². The van der Waals surface area contributed by atoms with Crippen molar-refractivity contribution < 1.29 is 0 Å². The quantitative estimate of drug-likeness (QED) is 0.500. The first-order valence-corrected chi connectivity index (χ1v) is 4.93. The fraction of sp³-hybridized carbons (Fsp3) is 0.800. The lowest BCUT2D eigenvalue weighted by atomic mass is 9.85. The highest BCUT2D eigenvalue weighted by atomic mass is 79.9. The molecule has 1 heteroatoms. The van der Waals surface area contributed by atoms with Crippen LogP contribution in [0.5, 0.6) is 0 Å². The molecule has 0 aliphatic heterocycles. The second-order valence-corrected chi connectivity index (χ2v) is 5.32. The maximum atomic E-state index is 3.55. The van der Waals surface area contributed by atoms with Gasteiger partial charge < -0.3 is 0 Å². The van der Waals surface area contributed by atoms with Gasteiger partial charge in [-0.3, -0.25) is 0 Å². The van der Waals surface area contributed by atoms with E-state index in [9.17, 15) is 0 Å². The molecule has 0 aromatic carbocycles. The molecule has 1 unspecified atom stereocenters. The Bertz CT molecular complexity index is 157. The Morgan fingerprint density at radius 2 is 2.00 bits per heavy atom. The zero-order valence-corrected chi connectivity index (χ0v) is 9.46. The summed E-state index contributed by atoms with van der Waals surface area (Å²) in [5.74, 6) is 6.05. The molecule has 0 N–H and O–H groups in total. The van der Waals surface area contributed by atoms with Gasteiger partial charge in [0.25, 0.3) is 0 Å². The first-order chi connectivity index (χ1) is 4.98. The van der Waals surface area contributed by atoms with Crippen LogP contribution in [0.25, 0.3) is 0 Å². The van der Waals surface area contributed by atoms with Gasteiger partial charge in [0.05, 0.1) is 0 Å². The highest BCUT2D eigenvalue weighted by molar-refractivity contribution is 9.09. The second-order valence-electron chi connectivity index (χ2n) is 3.75. The molecule has 64 valence electrons. The Kier molecular flexibility index (Phi) is 4.84. The Morgan fingerprint density at radius 1 is 1.45 bits per heavy atom. The maximum absolute atomic E-state index is 3.55. The van der Waals surface area contributed by atoms with Crippen LogP contribution in [0.4, 0.5) is 0 Å². The summed E-state index contributed by atoms with van der Waals surface area (Å²) in [5, 5.41) is 0. The van der Waals surface area contributed by atoms with Crippen LogP contribution in [0, 0.1) is 17.3 Å². The molecule has 0 bridgehead atoms. The molecule has 11 heavy (non-hydrogen) atoms. The predicted molar refractivity (Wildman–Crippen MR) is 54.9 cm³/mol. The van der Waals surface area contributed by atoms with Gasteiger partial charge in [0.2, 0.25) is 0 Å². The standard InChI is InChI=1S/C10H17Br/c1-5-6-7-10(3,4)8-9(2)11/h9H,7-8H2,1-4H3. The molecule has 0 aliphatic rings. The molecule has 0 nitrogen and oxygen atoms in total. The molecular formula is C10H17Br. The fourth-order valence-electron chi connectivity index (χ4n) is 1.16. The average molecular weight is 217 g/mol. The van der Waals surface area contributed by atoms with E-state index in [0.717, 1.165) is 6.42 Å². The van der Waals surface area contributed by atoms with E-state index < -0.39 is 0 Å². The molecule has 1 atom stereocenters. The zero-order valence-electron chi connectivity index (χ0n) is 7.87. The van der Waals surface area contributed by atoms with E-state index >= 15 is 0 Å². The van der Waals surface area contributed by atoms with Crippen molar-refractivity contribution in [2.45, 2.75) is 45.4 Å². The van der Waals surface area contributed by atoms with Gasteiger partial charge in [-0.15, -0.1) is 11.8 Å². The van der Waals surface area contributed by atoms with E-state index in [1.54, 1.807) is 0 Å². The molecule has 0 aliphatic carbocycles. The smallest absolute Gasteiger partial charge is 0.0140 e. The van der Waals surface area contributed by atoms with Gasteiger partial charge in [-0.1, -0.05) is 36.7 Å². The predicted octanol–water partition coefficient (Wildman–Crippen LogP) is 3.60. The monoisotopic (exact) mass is 216 g/mol. The summed E-state index contributed by atoms with van der Waals surface area (Å²) < 4.78 is 0. The number of halogens is 1. The van der Waals surface area contributed by atoms with E-state index in [-0.39, 0.29) is 0 Å². The van der Waals surface area contributed by atoms with Crippen molar-refractivity contribution in [2.24, 2.45) is 5.41 Å². The van der Waals surface area contributed by atoms with Crippen molar-refractivity contribution in [2.75, 3.05) is 0 Å². The maximum Gasteiger partial charge on any atom is 0.0140 e. The van der Waals surface area contributed by atoms with Crippen LogP contribution < -0.4 is 0 Å². The number of hydrogen-bond acceptors (Lipinski definition) is 0. The summed E-state index contributed by atoms with van der Waals surface area (Å²) in [6, 6.07) is 0. The molecule has 0 aromatic rings. The summed E-state index contributed by atoms with van der Waals surface area (Å²) in [6.45, 7) is 8.60. The topological polar surface area (TPSA) is 0 Å². The van der Waals surface area contributed by atoms with Gasteiger partial charge in [0.1, 0.15) is 0 Å². The Hall–Kier alpha value is 0.0400. The van der Waals surface area contributed by atoms with E-state index in [1.807, 2.05) is 6.92 Å². The van der Waals surface area contributed by atoms with Crippen LogP contribution in [0.3, 0.4) is 0 Å². The third-order valence-electron chi connectivity index (χ3n) is 1.58. The van der Waals surface area contributed by atoms with Crippen LogP contribution in [-0.2, 0) is 0 Å². The molecule has 0 amide bonds. The molecule has 0 heterocycles. The summed E-state index contributed by atoms with van der Waals surface area (Å²) in [4.78, 5) is 0.594. The van der Waals surface area contributed by atoms with Gasteiger partial charge in [-0.2, -0.15) is 0 Å². The summed E-state index contributed by atoms with van der Waals surface area (Å²) in [6.07, 6.45) is 2.18. The number of rotatable bonds is 3. The normalized spacial score (nSPS) is 13.5. The van der Waals surface area contributed by atoms with Gasteiger partial charge in [0.15, 0.2) is 0 Å². The SMILES string of the molecule is CC#CCC(C)(C)CC(C)Br. The largest absolute Gasteiger partial charge is 0.107 e. The van der Waals surface area contributed by atoms with Crippen molar-refractivity contribution in [1.82, 2.24) is 0 Å². The first kappa shape index (κ1) is 11.0. The van der Waals surface area contributed by atoms with Crippen LogP contribution in [0.15, 0.2) is 0 Å². The molecule has 0 spiro atoms. The molecular weight excluding hydrogens is 200 g/mol. The van der Waals surface area contributed by atoms with Gasteiger partial charge in [-0.25, -0.2) is 0 Å². The zero-order chi connectivity index (χ0) is 8.91. The summed E-state index contributed by atoms with van der Waals surface area (Å²) in [7, 11) is 0. The highest BCUT2D eigenvalue weighted by Gasteiger charge is 2.18. The lowest BCUT2D eigenvalue weighted by molar-refractivity contribution is 0.347. The van der Waals surface area contributed by atoms with Crippen LogP contribution >= 0.6 is 15.9 Å². The molecule has 0 saturated heterocycles. The third-order valence-corrected chi connectivity index (χ3v) is 1.90. The minimum Gasteiger partial charge on any atom is -0.107 e. The molecule has 0 fully saturated rings. The van der Waals surface area contributed by atoms with E-state index in [0.29, 0.717) is 10.2 Å². The van der Waals surface area contributed by atoms with Crippen LogP contribution in [0.1, 0.15) is 40.5 Å². The number of hydrogen-bond donors (Lipinski definition) is 0. The Morgan fingerprint density at radius 3 is 2.36 bits per heavy atom. The van der Waals surface area contributed by atoms with E-state index in [1.165, 1.54) is 6.42 Å². The third kappa shape index (κ3) is 6.44. The highest BCUT2D eigenvalue weighted by Crippen LogP contribution is 2.28. The van der Waals surface area contributed by atoms with Gasteiger partial charge in [-0.05, 0) is 18.8 Å². The number of alkyl halides is 1. The summed E-state index contributed by atoms with van der Waals surface area (Å²) >= 11 is 3.55. The summed E-state index contributed by atoms with van der Waals surface area (Å²) in [5.41, 5.74) is 0.353. The van der Waals surface area contributed by atoms with Crippen molar-refractivity contribution in [3.05, 3.63) is 0 Å². The van der Waals surface area contributed by atoms with Gasteiger partial charge in [0, 0.05) is 11.2 Å². The van der Waals surface area contributed by atoms with E-state index in [2.05, 4.69) is 48.5 Å². The van der Waals surface area contributed by atoms with Crippen LogP contribution in [-0.4, -0.2) is 4.83 Å². The van der Waals surface area contributed by atoms with Crippen molar-refractivity contribution in [1.29, 1.82) is 0 Å². The van der Waals surface area contributed by atoms with E-state index in [4.69, 9.17) is 0 Å². The minimum atomic E-state index is 0.353. The van der Waals surface area contributed by atoms with Crippen molar-refractivity contribution >= 4 is 15.9 Å². The Labute approximate surface area is 78.9 Å². The second kappa shape index (κ2) is 4.83. The molecule has 0 rings (SSSR count). The minimum absolute atomic E-state index is 0.353. The van der Waals surface area contributed by atoms with Crippen molar-refractivity contribution in [3.63, 3.8) is 0 Å². The molecule has 0 aromatic heterocycles. The first-order valence-electron chi connectivity index (χ1n) is 4.01.